The van der Waals surface area contributed by atoms with Crippen LogP contribution in [-0.4, -0.2) is 23.1 Å². The molecule has 0 heterocycles. The van der Waals surface area contributed by atoms with Crippen LogP contribution in [-0.2, 0) is 0 Å². The van der Waals surface area contributed by atoms with E-state index in [4.69, 9.17) is 0 Å². The molecule has 50 valence electrons. The largest absolute Gasteiger partial charge is 2.00 e. The molecule has 0 aliphatic rings. The summed E-state index contributed by atoms with van der Waals surface area (Å²) in [7, 11) is 0. The maximum Gasteiger partial charge on any atom is 2.00 e. The Hall–Kier alpha value is 0.376. The normalized spacial score (nSPS) is 7.44. The molecule has 0 saturated heterocycles. The summed E-state index contributed by atoms with van der Waals surface area (Å²) in [6.07, 6.45) is 5.92. The topological polar surface area (TPSA) is 0 Å². The minimum atomic E-state index is 0. The van der Waals surface area contributed by atoms with Crippen molar-refractivity contribution in [3.8, 4) is 0 Å². The molecule has 0 N–H and O–H groups in total. The Morgan fingerprint density at radius 2 is 1.67 bits per heavy atom. The molecule has 0 radical (unpaired) electrons. The van der Waals surface area contributed by atoms with Crippen molar-refractivity contribution >= 4 is 23.1 Å². The van der Waals surface area contributed by atoms with Crippen molar-refractivity contribution < 1.29 is 0 Å². The maximum atomic E-state index is 3.60. The fraction of sp³-hybridized carbons (Fsp3) is 0.500. The molecular formula is C8H16Mg. The van der Waals surface area contributed by atoms with Gasteiger partial charge in [0.1, 0.15) is 0 Å². The van der Waals surface area contributed by atoms with Gasteiger partial charge in [0.25, 0.3) is 0 Å². The van der Waals surface area contributed by atoms with E-state index in [-0.39, 0.29) is 23.1 Å². The second-order valence-corrected chi connectivity index (χ2v) is 1.42. The smallest absolute Gasteiger partial charge is 0.343 e. The van der Waals surface area contributed by atoms with Gasteiger partial charge in [-0.15, -0.1) is 6.92 Å². The second kappa shape index (κ2) is 23.8. The van der Waals surface area contributed by atoms with Crippen LogP contribution in [0.3, 0.4) is 0 Å². The van der Waals surface area contributed by atoms with E-state index < -0.39 is 0 Å². The van der Waals surface area contributed by atoms with Gasteiger partial charge in [-0.3, -0.25) is 0 Å². The first-order valence-corrected chi connectivity index (χ1v) is 3.03. The van der Waals surface area contributed by atoms with E-state index in [9.17, 15) is 0 Å². The standard InChI is InChI=1S/C4H9.C4H7.Mg/c2*1-3-4-2;/h1,3-4H2,2H3;3-4H,1H2,2H3;/q2*-1;+2. The summed E-state index contributed by atoms with van der Waals surface area (Å²) in [5, 5.41) is 0. The van der Waals surface area contributed by atoms with E-state index in [1.54, 1.807) is 6.08 Å². The van der Waals surface area contributed by atoms with Gasteiger partial charge >= 0.3 is 23.1 Å². The summed E-state index contributed by atoms with van der Waals surface area (Å²) in [5.41, 5.74) is 0. The van der Waals surface area contributed by atoms with Crippen LogP contribution in [0.2, 0.25) is 0 Å². The molecule has 0 saturated carbocycles. The quantitative estimate of drug-likeness (QED) is 0.384. The fourth-order valence-electron chi connectivity index (χ4n) is 0. The Bertz CT molecular complexity index is 33.8. The number of hydrogen-bond acceptors (Lipinski definition) is 0. The van der Waals surface area contributed by atoms with Gasteiger partial charge in [-0.25, -0.2) is 19.1 Å². The molecule has 0 rings (SSSR count). The van der Waals surface area contributed by atoms with E-state index in [1.165, 1.54) is 6.42 Å². The molecule has 0 aliphatic heterocycles. The average Bonchev–Trinajstić information content (AvgIpc) is 1.88. The van der Waals surface area contributed by atoms with Gasteiger partial charge in [0.05, 0.1) is 0 Å². The van der Waals surface area contributed by atoms with Crippen molar-refractivity contribution in [3.63, 3.8) is 0 Å². The molecule has 0 aromatic heterocycles. The van der Waals surface area contributed by atoms with E-state index in [2.05, 4.69) is 20.8 Å². The third kappa shape index (κ3) is 60.3. The Kier molecular flexibility index (Phi) is 42.8. The first kappa shape index (κ1) is 16.2. The Labute approximate surface area is 75.9 Å². The van der Waals surface area contributed by atoms with Crippen LogP contribution in [0.15, 0.2) is 12.2 Å². The van der Waals surface area contributed by atoms with Gasteiger partial charge in [0, 0.05) is 0 Å². The first-order chi connectivity index (χ1) is 3.83. The van der Waals surface area contributed by atoms with Crippen LogP contribution in [0.25, 0.3) is 0 Å². The maximum absolute atomic E-state index is 3.60. The predicted octanol–water partition coefficient (Wildman–Crippen LogP) is 2.64. The van der Waals surface area contributed by atoms with Gasteiger partial charge in [-0.05, 0) is 0 Å². The minimum absolute atomic E-state index is 0. The molecule has 0 amide bonds. The number of allylic oxidation sites excluding steroid dienone is 2. The van der Waals surface area contributed by atoms with Crippen molar-refractivity contribution in [3.05, 3.63) is 26.0 Å². The summed E-state index contributed by atoms with van der Waals surface area (Å²) in [5.74, 6) is 0. The molecule has 0 nitrogen and oxygen atoms in total. The zero-order valence-corrected chi connectivity index (χ0v) is 8.10. The summed E-state index contributed by atoms with van der Waals surface area (Å²) in [4.78, 5) is 0. The van der Waals surface area contributed by atoms with Crippen molar-refractivity contribution in [1.29, 1.82) is 0 Å². The summed E-state index contributed by atoms with van der Waals surface area (Å²) < 4.78 is 0. The van der Waals surface area contributed by atoms with Gasteiger partial charge in [-0.2, -0.15) is 6.42 Å². The number of unbranched alkanes of at least 4 members (excludes halogenated alkanes) is 1. The van der Waals surface area contributed by atoms with Crippen molar-refractivity contribution in [2.75, 3.05) is 0 Å². The molecule has 0 aromatic rings. The van der Waals surface area contributed by atoms with Crippen molar-refractivity contribution in [2.45, 2.75) is 26.7 Å². The molecule has 1 heteroatoms. The molecule has 0 aliphatic carbocycles. The Balaban J connectivity index is -0.0000000720. The van der Waals surface area contributed by atoms with Crippen LogP contribution < -0.4 is 0 Å². The minimum Gasteiger partial charge on any atom is -0.343 e. The van der Waals surface area contributed by atoms with E-state index in [0.29, 0.717) is 0 Å². The van der Waals surface area contributed by atoms with Crippen LogP contribution in [0.4, 0.5) is 0 Å². The molecule has 0 spiro atoms. The van der Waals surface area contributed by atoms with Crippen LogP contribution in [0.5, 0.6) is 0 Å². The first-order valence-electron chi connectivity index (χ1n) is 3.03. The Morgan fingerprint density at radius 1 is 1.44 bits per heavy atom. The molecule has 0 aromatic carbocycles. The SMILES string of the molecule is [CH2-]C=CC.[CH2-]CCC.[Mg+2]. The summed E-state index contributed by atoms with van der Waals surface area (Å²) in [6, 6.07) is 0. The number of hydrogen-bond donors (Lipinski definition) is 0. The molecule has 0 bridgehead atoms. The van der Waals surface area contributed by atoms with Crippen LogP contribution in [0, 0.1) is 13.8 Å². The second-order valence-electron chi connectivity index (χ2n) is 1.42. The van der Waals surface area contributed by atoms with Gasteiger partial charge in [0.2, 0.25) is 0 Å². The van der Waals surface area contributed by atoms with E-state index in [0.717, 1.165) is 6.42 Å². The average molecular weight is 137 g/mol. The zero-order chi connectivity index (χ0) is 6.83. The van der Waals surface area contributed by atoms with Gasteiger partial charge < -0.3 is 6.92 Å². The molecule has 0 fully saturated rings. The van der Waals surface area contributed by atoms with Crippen LogP contribution in [0.1, 0.15) is 26.7 Å². The molecule has 9 heavy (non-hydrogen) atoms. The third-order valence-electron chi connectivity index (χ3n) is 0.589. The molecular weight excluding hydrogens is 120 g/mol. The molecule has 0 atom stereocenters. The summed E-state index contributed by atoms with van der Waals surface area (Å²) >= 11 is 0. The predicted molar refractivity (Wildman–Crippen MR) is 46.2 cm³/mol. The van der Waals surface area contributed by atoms with Crippen molar-refractivity contribution in [2.24, 2.45) is 0 Å². The van der Waals surface area contributed by atoms with E-state index in [1.807, 2.05) is 13.0 Å². The van der Waals surface area contributed by atoms with Crippen molar-refractivity contribution in [1.82, 2.24) is 0 Å². The van der Waals surface area contributed by atoms with Gasteiger partial charge in [-0.1, -0.05) is 13.3 Å². The van der Waals surface area contributed by atoms with E-state index >= 15 is 0 Å². The van der Waals surface area contributed by atoms with Crippen LogP contribution >= 0.6 is 0 Å². The number of rotatable bonds is 1. The summed E-state index contributed by atoms with van der Waals surface area (Å²) in [6.45, 7) is 11.1. The monoisotopic (exact) mass is 136 g/mol. The zero-order valence-electron chi connectivity index (χ0n) is 6.69. The fourth-order valence-corrected chi connectivity index (χ4v) is 0. The third-order valence-corrected chi connectivity index (χ3v) is 0.589. The van der Waals surface area contributed by atoms with Gasteiger partial charge in [0.15, 0.2) is 0 Å². The Morgan fingerprint density at radius 3 is 1.67 bits per heavy atom. The molecule has 0 unspecified atom stereocenters.